The molecule has 1 aliphatic heterocycles. The SMILES string of the molecule is CC1CCN(CCCNC(=O)CCNC(=O)c2ccc([N+](=O)[O-])cc2)CC1. The Labute approximate surface area is 159 Å². The molecule has 0 radical (unpaired) electrons. The third kappa shape index (κ3) is 7.34. The molecule has 8 nitrogen and oxygen atoms in total. The first-order chi connectivity index (χ1) is 13.0. The fourth-order valence-corrected chi connectivity index (χ4v) is 3.03. The highest BCUT2D eigenvalue weighted by Gasteiger charge is 2.15. The van der Waals surface area contributed by atoms with Crippen molar-refractivity contribution in [3.8, 4) is 0 Å². The van der Waals surface area contributed by atoms with Crippen molar-refractivity contribution in [2.24, 2.45) is 5.92 Å². The number of rotatable bonds is 9. The summed E-state index contributed by atoms with van der Waals surface area (Å²) in [5.41, 5.74) is 0.266. The van der Waals surface area contributed by atoms with Crippen molar-refractivity contribution in [3.63, 3.8) is 0 Å². The van der Waals surface area contributed by atoms with E-state index in [-0.39, 0.29) is 30.5 Å². The Morgan fingerprint density at radius 2 is 1.81 bits per heavy atom. The molecule has 1 aromatic carbocycles. The van der Waals surface area contributed by atoms with Crippen molar-refractivity contribution < 1.29 is 14.5 Å². The van der Waals surface area contributed by atoms with Crippen LogP contribution in [0.4, 0.5) is 5.69 Å². The molecule has 1 saturated heterocycles. The van der Waals surface area contributed by atoms with E-state index in [0.29, 0.717) is 12.1 Å². The minimum atomic E-state index is -0.516. The second kappa shape index (κ2) is 10.6. The molecule has 1 heterocycles. The lowest BCUT2D eigenvalue weighted by atomic mass is 9.99. The van der Waals surface area contributed by atoms with Crippen LogP contribution in [0.15, 0.2) is 24.3 Å². The molecular formula is C19H28N4O4. The van der Waals surface area contributed by atoms with Crippen molar-refractivity contribution in [2.45, 2.75) is 32.6 Å². The van der Waals surface area contributed by atoms with Crippen molar-refractivity contribution in [3.05, 3.63) is 39.9 Å². The first-order valence-electron chi connectivity index (χ1n) is 9.47. The molecule has 0 saturated carbocycles. The number of likely N-dealkylation sites (tertiary alicyclic amines) is 1. The first kappa shape index (κ1) is 20.8. The number of hydrogen-bond donors (Lipinski definition) is 2. The van der Waals surface area contributed by atoms with Crippen LogP contribution in [0.25, 0.3) is 0 Å². The van der Waals surface area contributed by atoms with Gasteiger partial charge in [0.05, 0.1) is 4.92 Å². The Morgan fingerprint density at radius 1 is 1.15 bits per heavy atom. The molecule has 27 heavy (non-hydrogen) atoms. The molecule has 0 aliphatic carbocycles. The van der Waals surface area contributed by atoms with Gasteiger partial charge in [0.1, 0.15) is 0 Å². The van der Waals surface area contributed by atoms with Crippen molar-refractivity contribution >= 4 is 17.5 Å². The highest BCUT2D eigenvalue weighted by molar-refractivity contribution is 5.94. The highest BCUT2D eigenvalue weighted by atomic mass is 16.6. The summed E-state index contributed by atoms with van der Waals surface area (Å²) in [5.74, 6) is 0.380. The molecular weight excluding hydrogens is 348 g/mol. The van der Waals surface area contributed by atoms with Gasteiger partial charge in [0.15, 0.2) is 0 Å². The Morgan fingerprint density at radius 3 is 2.44 bits per heavy atom. The van der Waals surface area contributed by atoms with Crippen LogP contribution in [-0.4, -0.2) is 54.4 Å². The van der Waals surface area contributed by atoms with Gasteiger partial charge < -0.3 is 15.5 Å². The molecule has 0 atom stereocenters. The second-order valence-electron chi connectivity index (χ2n) is 7.04. The van der Waals surface area contributed by atoms with E-state index in [0.717, 1.165) is 32.0 Å². The van der Waals surface area contributed by atoms with Crippen LogP contribution in [0.3, 0.4) is 0 Å². The third-order valence-corrected chi connectivity index (χ3v) is 4.83. The summed E-state index contributed by atoms with van der Waals surface area (Å²) in [6.45, 7) is 6.45. The molecule has 0 aromatic heterocycles. The first-order valence-corrected chi connectivity index (χ1v) is 9.47. The van der Waals surface area contributed by atoms with Gasteiger partial charge in [-0.3, -0.25) is 19.7 Å². The van der Waals surface area contributed by atoms with Gasteiger partial charge in [-0.15, -0.1) is 0 Å². The molecule has 2 amide bonds. The van der Waals surface area contributed by atoms with Crippen molar-refractivity contribution in [1.29, 1.82) is 0 Å². The predicted molar refractivity (Wildman–Crippen MR) is 103 cm³/mol. The summed E-state index contributed by atoms with van der Waals surface area (Å²) >= 11 is 0. The summed E-state index contributed by atoms with van der Waals surface area (Å²) in [4.78, 5) is 36.3. The average molecular weight is 376 g/mol. The summed E-state index contributed by atoms with van der Waals surface area (Å²) in [6, 6.07) is 5.36. The lowest BCUT2D eigenvalue weighted by molar-refractivity contribution is -0.384. The largest absolute Gasteiger partial charge is 0.356 e. The average Bonchev–Trinajstić information content (AvgIpc) is 2.66. The maximum Gasteiger partial charge on any atom is 0.269 e. The number of benzene rings is 1. The number of amides is 2. The molecule has 148 valence electrons. The summed E-state index contributed by atoms with van der Waals surface area (Å²) in [5, 5.41) is 16.1. The van der Waals surface area contributed by atoms with Gasteiger partial charge in [0, 0.05) is 37.2 Å². The normalized spacial score (nSPS) is 15.3. The Kier molecular flexibility index (Phi) is 8.19. The maximum atomic E-state index is 11.9. The van der Waals surface area contributed by atoms with Gasteiger partial charge in [0.2, 0.25) is 5.91 Å². The minimum Gasteiger partial charge on any atom is -0.356 e. The Hall–Kier alpha value is -2.48. The number of nitrogens with zero attached hydrogens (tertiary/aromatic N) is 2. The van der Waals surface area contributed by atoms with Crippen LogP contribution in [-0.2, 0) is 4.79 Å². The number of piperidine rings is 1. The quantitative estimate of drug-likeness (QED) is 0.389. The molecule has 2 rings (SSSR count). The molecule has 0 unspecified atom stereocenters. The van der Waals surface area contributed by atoms with Crippen molar-refractivity contribution in [2.75, 3.05) is 32.7 Å². The number of nitro groups is 1. The number of nitrogens with one attached hydrogen (secondary N) is 2. The van der Waals surface area contributed by atoms with E-state index in [1.54, 1.807) is 0 Å². The second-order valence-corrected chi connectivity index (χ2v) is 7.04. The van der Waals surface area contributed by atoms with Gasteiger partial charge in [-0.1, -0.05) is 6.92 Å². The van der Waals surface area contributed by atoms with E-state index >= 15 is 0 Å². The number of carbonyl (C=O) groups excluding carboxylic acids is 2. The number of carbonyl (C=O) groups is 2. The van der Waals surface area contributed by atoms with E-state index in [4.69, 9.17) is 0 Å². The molecule has 0 spiro atoms. The fraction of sp³-hybridized carbons (Fsp3) is 0.579. The molecule has 1 aromatic rings. The van der Waals surface area contributed by atoms with Crippen LogP contribution in [0.1, 0.15) is 43.0 Å². The zero-order valence-electron chi connectivity index (χ0n) is 15.8. The van der Waals surface area contributed by atoms with Crippen LogP contribution >= 0.6 is 0 Å². The van der Waals surface area contributed by atoms with E-state index in [1.165, 1.54) is 37.1 Å². The van der Waals surface area contributed by atoms with Crippen LogP contribution in [0.5, 0.6) is 0 Å². The zero-order valence-corrected chi connectivity index (χ0v) is 15.8. The predicted octanol–water partition coefficient (Wildman–Crippen LogP) is 1.95. The van der Waals surface area contributed by atoms with Crippen molar-refractivity contribution in [1.82, 2.24) is 15.5 Å². The van der Waals surface area contributed by atoms with Gasteiger partial charge in [-0.2, -0.15) is 0 Å². The fourth-order valence-electron chi connectivity index (χ4n) is 3.03. The smallest absolute Gasteiger partial charge is 0.269 e. The lowest BCUT2D eigenvalue weighted by Gasteiger charge is -2.30. The molecule has 1 aliphatic rings. The Bertz CT molecular complexity index is 640. The lowest BCUT2D eigenvalue weighted by Crippen LogP contribution is -2.36. The number of hydrogen-bond acceptors (Lipinski definition) is 5. The van der Waals surface area contributed by atoms with E-state index in [1.807, 2.05) is 0 Å². The van der Waals surface area contributed by atoms with Gasteiger partial charge >= 0.3 is 0 Å². The molecule has 1 fully saturated rings. The van der Waals surface area contributed by atoms with E-state index in [9.17, 15) is 19.7 Å². The van der Waals surface area contributed by atoms with Gasteiger partial charge in [-0.05, 0) is 56.9 Å². The van der Waals surface area contributed by atoms with Gasteiger partial charge in [0.25, 0.3) is 11.6 Å². The molecule has 2 N–H and O–H groups in total. The van der Waals surface area contributed by atoms with E-state index < -0.39 is 4.92 Å². The third-order valence-electron chi connectivity index (χ3n) is 4.83. The number of nitro benzene ring substituents is 1. The molecule has 8 heteroatoms. The monoisotopic (exact) mass is 376 g/mol. The summed E-state index contributed by atoms with van der Waals surface area (Å²) in [7, 11) is 0. The molecule has 0 bridgehead atoms. The Balaban J connectivity index is 1.56. The topological polar surface area (TPSA) is 105 Å². The van der Waals surface area contributed by atoms with Gasteiger partial charge in [-0.25, -0.2) is 0 Å². The minimum absolute atomic E-state index is 0.0648. The maximum absolute atomic E-state index is 11.9. The number of non-ortho nitro benzene ring substituents is 1. The van der Waals surface area contributed by atoms with Crippen LogP contribution < -0.4 is 10.6 Å². The van der Waals surface area contributed by atoms with Crippen LogP contribution in [0, 0.1) is 16.0 Å². The standard InChI is InChI=1S/C19H28N4O4/c1-15-8-13-22(14-9-15)12-2-10-20-18(24)7-11-21-19(25)16-3-5-17(6-4-16)23(26)27/h3-6,15H,2,7-14H2,1H3,(H,20,24)(H,21,25). The van der Waals surface area contributed by atoms with Crippen LogP contribution in [0.2, 0.25) is 0 Å². The summed E-state index contributed by atoms with van der Waals surface area (Å²) in [6.07, 6.45) is 3.64. The van der Waals surface area contributed by atoms with E-state index in [2.05, 4.69) is 22.5 Å². The zero-order chi connectivity index (χ0) is 19.6. The highest BCUT2D eigenvalue weighted by Crippen LogP contribution is 2.15. The summed E-state index contributed by atoms with van der Waals surface area (Å²) < 4.78 is 0.